The van der Waals surface area contributed by atoms with Crippen molar-refractivity contribution in [3.63, 3.8) is 0 Å². The minimum absolute atomic E-state index is 0.00328. The van der Waals surface area contributed by atoms with Crippen molar-refractivity contribution < 1.29 is 22.8 Å². The standard InChI is InChI=1S/C15H24F3N5O2/c1-2-19-13(20-7-8-23-12(24)9-21-14(23)25)22-11-5-3-10(4-6-11)15(16,17)18/h10-11H,2-9H2,1H3,(H,21,25)(H2,19,20,22). The lowest BCUT2D eigenvalue weighted by Gasteiger charge is -2.31. The van der Waals surface area contributed by atoms with E-state index < -0.39 is 18.1 Å². The van der Waals surface area contributed by atoms with Gasteiger partial charge in [-0.05, 0) is 32.6 Å². The van der Waals surface area contributed by atoms with Gasteiger partial charge in [-0.1, -0.05) is 0 Å². The molecule has 0 aromatic carbocycles. The molecular formula is C15H24F3N5O2. The average molecular weight is 363 g/mol. The Morgan fingerprint density at radius 3 is 2.48 bits per heavy atom. The van der Waals surface area contributed by atoms with Crippen molar-refractivity contribution in [2.24, 2.45) is 10.9 Å². The summed E-state index contributed by atoms with van der Waals surface area (Å²) in [7, 11) is 0. The molecule has 0 aromatic rings. The van der Waals surface area contributed by atoms with E-state index in [9.17, 15) is 22.8 Å². The molecule has 1 aliphatic carbocycles. The molecule has 3 N–H and O–H groups in total. The summed E-state index contributed by atoms with van der Waals surface area (Å²) in [6, 6.07) is -0.489. The maximum Gasteiger partial charge on any atom is 0.391 e. The summed E-state index contributed by atoms with van der Waals surface area (Å²) < 4.78 is 38.1. The van der Waals surface area contributed by atoms with Crippen molar-refractivity contribution in [1.82, 2.24) is 20.9 Å². The third kappa shape index (κ3) is 5.50. The summed E-state index contributed by atoms with van der Waals surface area (Å²) in [5, 5.41) is 8.61. The van der Waals surface area contributed by atoms with Gasteiger partial charge in [-0.2, -0.15) is 13.2 Å². The fraction of sp³-hybridized carbons (Fsp3) is 0.800. The van der Waals surface area contributed by atoms with Gasteiger partial charge < -0.3 is 16.0 Å². The van der Waals surface area contributed by atoms with Crippen LogP contribution in [0.3, 0.4) is 0 Å². The molecule has 0 spiro atoms. The second-order valence-electron chi connectivity index (χ2n) is 6.20. The minimum atomic E-state index is -4.12. The lowest BCUT2D eigenvalue weighted by atomic mass is 9.85. The van der Waals surface area contributed by atoms with E-state index in [0.29, 0.717) is 25.3 Å². The van der Waals surface area contributed by atoms with Crippen molar-refractivity contribution in [3.05, 3.63) is 0 Å². The van der Waals surface area contributed by atoms with E-state index in [4.69, 9.17) is 0 Å². The van der Waals surface area contributed by atoms with E-state index >= 15 is 0 Å². The number of amides is 3. The quantitative estimate of drug-likeness (QED) is 0.389. The highest BCUT2D eigenvalue weighted by Gasteiger charge is 2.41. The summed E-state index contributed by atoms with van der Waals surface area (Å²) in [5.41, 5.74) is 0. The Kier molecular flexibility index (Phi) is 6.49. The van der Waals surface area contributed by atoms with Gasteiger partial charge in [0.1, 0.15) is 0 Å². The number of urea groups is 1. The molecule has 2 aliphatic rings. The van der Waals surface area contributed by atoms with Crippen LogP contribution < -0.4 is 16.0 Å². The summed E-state index contributed by atoms with van der Waals surface area (Å²) in [4.78, 5) is 28.3. The van der Waals surface area contributed by atoms with Crippen molar-refractivity contribution in [2.45, 2.75) is 44.8 Å². The van der Waals surface area contributed by atoms with Gasteiger partial charge in [0.25, 0.3) is 0 Å². The number of guanidine groups is 1. The first-order valence-corrected chi connectivity index (χ1v) is 8.51. The van der Waals surface area contributed by atoms with E-state index in [0.717, 1.165) is 4.90 Å². The third-order valence-corrected chi connectivity index (χ3v) is 4.41. The molecule has 3 amide bonds. The number of aliphatic imine (C=N–C) groups is 1. The van der Waals surface area contributed by atoms with Crippen LogP contribution in [-0.4, -0.2) is 61.2 Å². The Labute approximate surface area is 144 Å². The molecule has 1 saturated carbocycles. The number of imide groups is 1. The van der Waals surface area contributed by atoms with E-state index in [1.807, 2.05) is 6.92 Å². The molecule has 1 heterocycles. The Hall–Kier alpha value is -2.00. The van der Waals surface area contributed by atoms with E-state index in [1.165, 1.54) is 0 Å². The number of alkyl halides is 3. The van der Waals surface area contributed by atoms with E-state index in [1.54, 1.807) is 0 Å². The predicted molar refractivity (Wildman–Crippen MR) is 86.0 cm³/mol. The lowest BCUT2D eigenvalue weighted by molar-refractivity contribution is -0.182. The summed E-state index contributed by atoms with van der Waals surface area (Å²) in [6.45, 7) is 2.89. The molecule has 2 rings (SSSR count). The van der Waals surface area contributed by atoms with Crippen molar-refractivity contribution >= 4 is 17.9 Å². The van der Waals surface area contributed by atoms with Gasteiger partial charge in [0.2, 0.25) is 5.91 Å². The first-order valence-electron chi connectivity index (χ1n) is 8.51. The molecule has 10 heteroatoms. The van der Waals surface area contributed by atoms with Gasteiger partial charge in [0.15, 0.2) is 5.96 Å². The van der Waals surface area contributed by atoms with Crippen LogP contribution in [-0.2, 0) is 4.79 Å². The monoisotopic (exact) mass is 363 g/mol. The molecule has 0 aromatic heterocycles. The maximum absolute atomic E-state index is 12.7. The normalized spacial score (nSPS) is 25.1. The van der Waals surface area contributed by atoms with Crippen molar-refractivity contribution in [2.75, 3.05) is 26.2 Å². The predicted octanol–water partition coefficient (Wildman–Crippen LogP) is 1.21. The van der Waals surface area contributed by atoms with Crippen molar-refractivity contribution in [3.8, 4) is 0 Å². The highest BCUT2D eigenvalue weighted by Crippen LogP contribution is 2.37. The Morgan fingerprint density at radius 1 is 1.28 bits per heavy atom. The zero-order valence-electron chi connectivity index (χ0n) is 14.2. The van der Waals surface area contributed by atoms with Gasteiger partial charge >= 0.3 is 12.2 Å². The highest BCUT2D eigenvalue weighted by atomic mass is 19.4. The number of halogens is 3. The van der Waals surface area contributed by atoms with Gasteiger partial charge in [-0.15, -0.1) is 0 Å². The SMILES string of the molecule is CCNC(=NCCN1C(=O)CNC1=O)NC1CCC(C(F)(F)F)CC1. The highest BCUT2D eigenvalue weighted by molar-refractivity contribution is 6.01. The summed E-state index contributed by atoms with van der Waals surface area (Å²) >= 11 is 0. The molecule has 1 aliphatic heterocycles. The van der Waals surface area contributed by atoms with E-state index in [2.05, 4.69) is 20.9 Å². The molecule has 25 heavy (non-hydrogen) atoms. The summed E-state index contributed by atoms with van der Waals surface area (Å²) in [6.07, 6.45) is -3.03. The molecule has 0 radical (unpaired) electrons. The van der Waals surface area contributed by atoms with Crippen LogP contribution in [0.1, 0.15) is 32.6 Å². The third-order valence-electron chi connectivity index (χ3n) is 4.41. The molecular weight excluding hydrogens is 339 g/mol. The zero-order chi connectivity index (χ0) is 18.4. The van der Waals surface area contributed by atoms with E-state index in [-0.39, 0.29) is 44.4 Å². The van der Waals surface area contributed by atoms with Crippen LogP contribution in [0.15, 0.2) is 4.99 Å². The van der Waals surface area contributed by atoms with Crippen LogP contribution in [0, 0.1) is 5.92 Å². The minimum Gasteiger partial charge on any atom is -0.357 e. The molecule has 0 unspecified atom stereocenters. The first kappa shape index (κ1) is 19.3. The van der Waals surface area contributed by atoms with Crippen molar-refractivity contribution in [1.29, 1.82) is 0 Å². The lowest BCUT2D eigenvalue weighted by Crippen LogP contribution is -2.46. The van der Waals surface area contributed by atoms with Crippen LogP contribution in [0.25, 0.3) is 0 Å². The van der Waals surface area contributed by atoms with Gasteiger partial charge in [0.05, 0.1) is 25.6 Å². The number of carbonyl (C=O) groups is 2. The number of rotatable bonds is 5. The second kappa shape index (κ2) is 8.39. The topological polar surface area (TPSA) is 85.8 Å². The van der Waals surface area contributed by atoms with Crippen LogP contribution in [0.2, 0.25) is 0 Å². The van der Waals surface area contributed by atoms with Crippen LogP contribution >= 0.6 is 0 Å². The Balaban J connectivity index is 1.82. The van der Waals surface area contributed by atoms with Crippen LogP contribution in [0.5, 0.6) is 0 Å². The van der Waals surface area contributed by atoms with Gasteiger partial charge in [-0.3, -0.25) is 14.7 Å². The zero-order valence-corrected chi connectivity index (χ0v) is 14.2. The molecule has 0 bridgehead atoms. The smallest absolute Gasteiger partial charge is 0.357 e. The van der Waals surface area contributed by atoms with Crippen LogP contribution in [0.4, 0.5) is 18.0 Å². The Bertz CT molecular complexity index is 500. The van der Waals surface area contributed by atoms with Gasteiger partial charge in [-0.25, -0.2) is 4.79 Å². The largest absolute Gasteiger partial charge is 0.391 e. The molecule has 7 nitrogen and oxygen atoms in total. The average Bonchev–Trinajstić information content (AvgIpc) is 2.86. The maximum atomic E-state index is 12.7. The number of hydrogen-bond donors (Lipinski definition) is 3. The number of carbonyl (C=O) groups excluding carboxylic acids is 2. The second-order valence-corrected chi connectivity index (χ2v) is 6.20. The number of nitrogens with one attached hydrogen (secondary N) is 3. The first-order chi connectivity index (χ1) is 11.8. The molecule has 2 fully saturated rings. The molecule has 1 saturated heterocycles. The molecule has 142 valence electrons. The summed E-state index contributed by atoms with van der Waals surface area (Å²) in [5.74, 6) is -1.02. The Morgan fingerprint density at radius 2 is 1.96 bits per heavy atom. The number of nitrogens with zero attached hydrogens (tertiary/aromatic N) is 2. The number of hydrogen-bond acceptors (Lipinski definition) is 3. The fourth-order valence-corrected chi connectivity index (χ4v) is 3.02. The molecule has 0 atom stereocenters. The fourth-order valence-electron chi connectivity index (χ4n) is 3.02. The van der Waals surface area contributed by atoms with Gasteiger partial charge in [0, 0.05) is 12.6 Å².